The van der Waals surface area contributed by atoms with Crippen LogP contribution in [0.3, 0.4) is 0 Å². The van der Waals surface area contributed by atoms with Crippen molar-refractivity contribution in [2.24, 2.45) is 0 Å². The molecule has 0 aliphatic rings. The highest BCUT2D eigenvalue weighted by atomic mass is 16.5. The summed E-state index contributed by atoms with van der Waals surface area (Å²) in [6.45, 7) is 3.45. The highest BCUT2D eigenvalue weighted by Crippen LogP contribution is 2.31. The molecule has 0 saturated carbocycles. The largest absolute Gasteiger partial charge is 0.476 e. The number of nitrogens with zero attached hydrogens (tertiary/aromatic N) is 2. The number of aromatic nitrogens is 3. The first kappa shape index (κ1) is 10.2. The van der Waals surface area contributed by atoms with Crippen molar-refractivity contribution in [1.29, 1.82) is 0 Å². The number of nitrogens with two attached hydrogens (primary N) is 1. The fraction of sp³-hybridized carbons (Fsp3) is 0.222. The Morgan fingerprint density at radius 2 is 2.19 bits per heavy atom. The summed E-state index contributed by atoms with van der Waals surface area (Å²) in [6.07, 6.45) is 0. The maximum absolute atomic E-state index is 10.8. The quantitative estimate of drug-likeness (QED) is 0.696. The summed E-state index contributed by atoms with van der Waals surface area (Å²) in [5, 5.41) is 18.8. The van der Waals surface area contributed by atoms with Crippen molar-refractivity contribution >= 4 is 11.7 Å². The lowest BCUT2D eigenvalue weighted by Crippen LogP contribution is -2.01. The van der Waals surface area contributed by atoms with Gasteiger partial charge in [0.15, 0.2) is 5.69 Å². The summed E-state index contributed by atoms with van der Waals surface area (Å²) in [6, 6.07) is 0. The highest BCUT2D eigenvalue weighted by Gasteiger charge is 2.22. The summed E-state index contributed by atoms with van der Waals surface area (Å²) >= 11 is 0. The summed E-state index contributed by atoms with van der Waals surface area (Å²) in [4.78, 5) is 10.8. The van der Waals surface area contributed by atoms with Gasteiger partial charge in [0.1, 0.15) is 11.5 Å². The third-order valence-electron chi connectivity index (χ3n) is 2.29. The van der Waals surface area contributed by atoms with Crippen molar-refractivity contribution in [1.82, 2.24) is 15.4 Å². The smallest absolute Gasteiger partial charge is 0.356 e. The Bertz CT molecular complexity index is 536. The number of aromatic carboxylic acids is 1. The average molecular weight is 222 g/mol. The molecule has 7 heteroatoms. The molecule has 0 atom stereocenters. The zero-order chi connectivity index (χ0) is 11.9. The molecule has 0 amide bonds. The van der Waals surface area contributed by atoms with Crippen LogP contribution in [-0.2, 0) is 0 Å². The van der Waals surface area contributed by atoms with E-state index in [1.54, 1.807) is 13.8 Å². The van der Waals surface area contributed by atoms with Gasteiger partial charge in [-0.2, -0.15) is 5.10 Å². The molecule has 0 fully saturated rings. The van der Waals surface area contributed by atoms with E-state index < -0.39 is 5.97 Å². The highest BCUT2D eigenvalue weighted by molar-refractivity contribution is 5.95. The molecule has 0 unspecified atom stereocenters. The number of aryl methyl sites for hydroxylation is 2. The molecule has 0 saturated heterocycles. The number of H-pyrrole nitrogens is 1. The van der Waals surface area contributed by atoms with Gasteiger partial charge in [-0.05, 0) is 13.8 Å². The molecule has 2 aromatic heterocycles. The van der Waals surface area contributed by atoms with Gasteiger partial charge < -0.3 is 15.4 Å². The number of aromatic amines is 1. The van der Waals surface area contributed by atoms with Gasteiger partial charge in [0, 0.05) is 0 Å². The molecule has 2 heterocycles. The van der Waals surface area contributed by atoms with Crippen LogP contribution in [0.5, 0.6) is 0 Å². The Hall–Kier alpha value is -2.31. The van der Waals surface area contributed by atoms with E-state index in [0.717, 1.165) is 0 Å². The minimum absolute atomic E-state index is 0.0851. The van der Waals surface area contributed by atoms with Crippen LogP contribution in [0.1, 0.15) is 21.9 Å². The molecule has 16 heavy (non-hydrogen) atoms. The van der Waals surface area contributed by atoms with Gasteiger partial charge >= 0.3 is 5.97 Å². The Balaban J connectivity index is 2.62. The van der Waals surface area contributed by atoms with Crippen LogP contribution >= 0.6 is 0 Å². The normalized spacial score (nSPS) is 10.6. The first-order valence-electron chi connectivity index (χ1n) is 4.52. The molecular formula is C9H10N4O3. The number of hydrogen-bond donors (Lipinski definition) is 3. The lowest BCUT2D eigenvalue weighted by Gasteiger charge is -1.96. The second-order valence-electron chi connectivity index (χ2n) is 3.37. The van der Waals surface area contributed by atoms with Gasteiger partial charge in [-0.3, -0.25) is 5.10 Å². The van der Waals surface area contributed by atoms with Crippen molar-refractivity contribution < 1.29 is 14.4 Å². The van der Waals surface area contributed by atoms with Gasteiger partial charge in [-0.1, -0.05) is 5.16 Å². The third-order valence-corrected chi connectivity index (χ3v) is 2.29. The number of nitrogens with one attached hydrogen (secondary N) is 1. The minimum atomic E-state index is -1.15. The number of carboxylic acid groups (broad SMARTS) is 1. The van der Waals surface area contributed by atoms with E-state index in [-0.39, 0.29) is 11.4 Å². The molecule has 4 N–H and O–H groups in total. The Morgan fingerprint density at radius 3 is 2.62 bits per heavy atom. The van der Waals surface area contributed by atoms with Crippen LogP contribution in [0.15, 0.2) is 4.52 Å². The van der Waals surface area contributed by atoms with Crippen molar-refractivity contribution in [3.63, 3.8) is 0 Å². The summed E-state index contributed by atoms with van der Waals surface area (Å²) in [5.41, 5.74) is 7.24. The molecule has 84 valence electrons. The van der Waals surface area contributed by atoms with Crippen LogP contribution in [-0.4, -0.2) is 26.4 Å². The number of hydrogen-bond acceptors (Lipinski definition) is 5. The summed E-state index contributed by atoms with van der Waals surface area (Å²) in [5.74, 6) is -0.601. The van der Waals surface area contributed by atoms with E-state index in [9.17, 15) is 4.79 Å². The zero-order valence-electron chi connectivity index (χ0n) is 8.74. The third kappa shape index (κ3) is 1.33. The van der Waals surface area contributed by atoms with Crippen molar-refractivity contribution in [3.05, 3.63) is 17.1 Å². The van der Waals surface area contributed by atoms with Gasteiger partial charge in [0.2, 0.25) is 0 Å². The Morgan fingerprint density at radius 1 is 1.50 bits per heavy atom. The molecule has 0 aliphatic heterocycles. The molecule has 0 aliphatic carbocycles. The van der Waals surface area contributed by atoms with Crippen LogP contribution in [0.25, 0.3) is 11.3 Å². The standard InChI is InChI=1S/C9H10N4O3/c1-3-5(4(2)16-13-3)7-6(10)8(9(14)15)12-11-7/h10H2,1-2H3,(H,11,12)(H,14,15). The molecule has 2 rings (SSSR count). The molecule has 0 spiro atoms. The molecule has 2 aromatic rings. The number of carboxylic acids is 1. The van der Waals surface area contributed by atoms with Gasteiger partial charge in [-0.25, -0.2) is 4.79 Å². The summed E-state index contributed by atoms with van der Waals surface area (Å²) < 4.78 is 4.97. The monoisotopic (exact) mass is 222 g/mol. The molecule has 0 aromatic carbocycles. The molecular weight excluding hydrogens is 212 g/mol. The van der Waals surface area contributed by atoms with E-state index >= 15 is 0 Å². The van der Waals surface area contributed by atoms with Gasteiger partial charge in [-0.15, -0.1) is 0 Å². The zero-order valence-corrected chi connectivity index (χ0v) is 8.74. The van der Waals surface area contributed by atoms with Crippen molar-refractivity contribution in [2.45, 2.75) is 13.8 Å². The van der Waals surface area contributed by atoms with E-state index in [1.807, 2.05) is 0 Å². The fourth-order valence-electron chi connectivity index (χ4n) is 1.53. The van der Waals surface area contributed by atoms with Crippen molar-refractivity contribution in [3.8, 4) is 11.3 Å². The molecule has 7 nitrogen and oxygen atoms in total. The van der Waals surface area contributed by atoms with Crippen LogP contribution in [0.2, 0.25) is 0 Å². The predicted molar refractivity (Wildman–Crippen MR) is 54.9 cm³/mol. The SMILES string of the molecule is Cc1noc(C)c1-c1n[nH]c(C(=O)O)c1N. The maximum Gasteiger partial charge on any atom is 0.356 e. The maximum atomic E-state index is 10.8. The van der Waals surface area contributed by atoms with Crippen LogP contribution in [0, 0.1) is 13.8 Å². The second-order valence-corrected chi connectivity index (χ2v) is 3.37. The Labute approximate surface area is 90.2 Å². The number of nitrogen functional groups attached to an aromatic ring is 1. The summed E-state index contributed by atoms with van der Waals surface area (Å²) in [7, 11) is 0. The first-order chi connectivity index (χ1) is 7.52. The topological polar surface area (TPSA) is 118 Å². The van der Waals surface area contributed by atoms with E-state index in [0.29, 0.717) is 22.7 Å². The van der Waals surface area contributed by atoms with Crippen LogP contribution in [0.4, 0.5) is 5.69 Å². The van der Waals surface area contributed by atoms with E-state index in [2.05, 4.69) is 15.4 Å². The van der Waals surface area contributed by atoms with Crippen LogP contribution < -0.4 is 5.73 Å². The number of rotatable bonds is 2. The fourth-order valence-corrected chi connectivity index (χ4v) is 1.53. The first-order valence-corrected chi connectivity index (χ1v) is 4.52. The lowest BCUT2D eigenvalue weighted by atomic mass is 10.1. The average Bonchev–Trinajstić information content (AvgIpc) is 2.71. The predicted octanol–water partition coefficient (Wildman–Crippen LogP) is 0.962. The lowest BCUT2D eigenvalue weighted by molar-refractivity contribution is 0.0691. The van der Waals surface area contributed by atoms with E-state index in [1.165, 1.54) is 0 Å². The van der Waals surface area contributed by atoms with Gasteiger partial charge in [0.05, 0.1) is 16.9 Å². The van der Waals surface area contributed by atoms with E-state index in [4.69, 9.17) is 15.4 Å². The number of anilines is 1. The minimum Gasteiger partial charge on any atom is -0.476 e. The molecule has 0 bridgehead atoms. The molecule has 0 radical (unpaired) electrons. The number of carbonyl (C=O) groups is 1. The Kier molecular flexibility index (Phi) is 2.15. The van der Waals surface area contributed by atoms with Crippen molar-refractivity contribution in [2.75, 3.05) is 5.73 Å². The van der Waals surface area contributed by atoms with Gasteiger partial charge in [0.25, 0.3) is 0 Å². The second kappa shape index (κ2) is 3.37.